The van der Waals surface area contributed by atoms with Gasteiger partial charge in [-0.05, 0) is 31.5 Å². The number of piperidine rings is 1. The minimum atomic E-state index is -4.39. The fraction of sp³-hybridized carbons (Fsp3) is 0.444. The monoisotopic (exact) mass is 351 g/mol. The minimum Gasteiger partial charge on any atom is -0.395 e. The van der Waals surface area contributed by atoms with E-state index in [0.717, 1.165) is 43.8 Å². The molecule has 1 aromatic heterocycles. The van der Waals surface area contributed by atoms with Crippen molar-refractivity contribution in [3.8, 4) is 11.3 Å². The summed E-state index contributed by atoms with van der Waals surface area (Å²) in [5, 5.41) is 9.14. The number of hydrogen-bond acceptors (Lipinski definition) is 4. The van der Waals surface area contributed by atoms with Gasteiger partial charge in [0.05, 0.1) is 23.6 Å². The first-order valence-electron chi connectivity index (χ1n) is 8.31. The molecule has 0 amide bonds. The van der Waals surface area contributed by atoms with Gasteiger partial charge < -0.3 is 10.0 Å². The van der Waals surface area contributed by atoms with Crippen LogP contribution in [0.15, 0.2) is 36.7 Å². The number of β-amino-alcohol motifs (C(OH)–C–C–N with tert-alkyl or cyclic N) is 1. The number of alkyl halides is 3. The Kier molecular flexibility index (Phi) is 5.34. The molecule has 1 aliphatic rings. The van der Waals surface area contributed by atoms with Gasteiger partial charge in [0.2, 0.25) is 0 Å². The number of halogens is 3. The summed E-state index contributed by atoms with van der Waals surface area (Å²) in [6, 6.07) is 5.22. The maximum atomic E-state index is 13.0. The quantitative estimate of drug-likeness (QED) is 0.918. The molecule has 25 heavy (non-hydrogen) atoms. The number of aliphatic hydroxyl groups excluding tert-OH is 1. The lowest BCUT2D eigenvalue weighted by Gasteiger charge is -2.32. The van der Waals surface area contributed by atoms with Crippen molar-refractivity contribution in [1.82, 2.24) is 14.9 Å². The van der Waals surface area contributed by atoms with E-state index >= 15 is 0 Å². The molecule has 0 spiro atoms. The lowest BCUT2D eigenvalue weighted by molar-refractivity contribution is -0.137. The number of nitrogens with zero attached hydrogens (tertiary/aromatic N) is 3. The van der Waals surface area contributed by atoms with Gasteiger partial charge in [-0.2, -0.15) is 13.2 Å². The Morgan fingerprint density at radius 2 is 2.00 bits per heavy atom. The molecule has 7 heteroatoms. The highest BCUT2D eigenvalue weighted by atomic mass is 19.4. The van der Waals surface area contributed by atoms with Crippen molar-refractivity contribution in [3.05, 3.63) is 47.9 Å². The van der Waals surface area contributed by atoms with Crippen LogP contribution >= 0.6 is 0 Å². The summed E-state index contributed by atoms with van der Waals surface area (Å²) in [5.41, 5.74) is 0.971. The van der Waals surface area contributed by atoms with Crippen molar-refractivity contribution in [2.45, 2.75) is 24.9 Å². The summed E-state index contributed by atoms with van der Waals surface area (Å²) in [5.74, 6) is 0.0959. The molecule has 134 valence electrons. The van der Waals surface area contributed by atoms with Crippen molar-refractivity contribution in [3.63, 3.8) is 0 Å². The fourth-order valence-corrected chi connectivity index (χ4v) is 3.34. The largest absolute Gasteiger partial charge is 0.416 e. The predicted molar refractivity (Wildman–Crippen MR) is 88.0 cm³/mol. The Morgan fingerprint density at radius 3 is 2.76 bits per heavy atom. The van der Waals surface area contributed by atoms with E-state index in [1.54, 1.807) is 12.3 Å². The highest BCUT2D eigenvalue weighted by molar-refractivity contribution is 5.63. The van der Waals surface area contributed by atoms with Gasteiger partial charge in [-0.3, -0.25) is 9.97 Å². The van der Waals surface area contributed by atoms with Crippen molar-refractivity contribution in [2.24, 2.45) is 0 Å². The highest BCUT2D eigenvalue weighted by Crippen LogP contribution is 2.35. The molecule has 0 bridgehead atoms. The van der Waals surface area contributed by atoms with Crippen LogP contribution in [0.4, 0.5) is 13.2 Å². The van der Waals surface area contributed by atoms with Gasteiger partial charge in [0.1, 0.15) is 0 Å². The van der Waals surface area contributed by atoms with Gasteiger partial charge in [-0.15, -0.1) is 0 Å². The SMILES string of the molecule is OCCN1CCC[C@@H](c2nccnc2-c2cccc(C(F)(F)F)c2)C1. The van der Waals surface area contributed by atoms with Crippen LogP contribution in [0.25, 0.3) is 11.3 Å². The second-order valence-electron chi connectivity index (χ2n) is 6.23. The third kappa shape index (κ3) is 4.16. The number of aliphatic hydroxyl groups is 1. The summed E-state index contributed by atoms with van der Waals surface area (Å²) in [4.78, 5) is 10.9. The average molecular weight is 351 g/mol. The zero-order valence-corrected chi connectivity index (χ0v) is 13.7. The van der Waals surface area contributed by atoms with Crippen molar-refractivity contribution in [2.75, 3.05) is 26.2 Å². The van der Waals surface area contributed by atoms with Gasteiger partial charge >= 0.3 is 6.18 Å². The molecular formula is C18H20F3N3O. The van der Waals surface area contributed by atoms with E-state index in [4.69, 9.17) is 5.11 Å². The van der Waals surface area contributed by atoms with Gasteiger partial charge in [0, 0.05) is 37.0 Å². The zero-order valence-electron chi connectivity index (χ0n) is 13.7. The Balaban J connectivity index is 1.94. The van der Waals surface area contributed by atoms with Crippen molar-refractivity contribution in [1.29, 1.82) is 0 Å². The van der Waals surface area contributed by atoms with E-state index in [1.807, 2.05) is 0 Å². The highest BCUT2D eigenvalue weighted by Gasteiger charge is 2.31. The molecule has 1 N–H and O–H groups in total. The molecule has 1 fully saturated rings. The van der Waals surface area contributed by atoms with Gasteiger partial charge in [-0.1, -0.05) is 12.1 Å². The van der Waals surface area contributed by atoms with Gasteiger partial charge in [-0.25, -0.2) is 0 Å². The summed E-state index contributed by atoms with van der Waals surface area (Å²) < 4.78 is 39.0. The first-order chi connectivity index (χ1) is 12.0. The fourth-order valence-electron chi connectivity index (χ4n) is 3.34. The molecule has 1 atom stereocenters. The van der Waals surface area contributed by atoms with Crippen LogP contribution in [0.5, 0.6) is 0 Å². The lowest BCUT2D eigenvalue weighted by atomic mass is 9.91. The minimum absolute atomic E-state index is 0.0909. The Labute approximate surface area is 144 Å². The van der Waals surface area contributed by atoms with E-state index in [2.05, 4.69) is 14.9 Å². The molecule has 0 unspecified atom stereocenters. The summed E-state index contributed by atoms with van der Waals surface area (Å²) >= 11 is 0. The maximum absolute atomic E-state index is 13.0. The number of rotatable bonds is 4. The van der Waals surface area contributed by atoms with E-state index < -0.39 is 11.7 Å². The van der Waals surface area contributed by atoms with Gasteiger partial charge in [0.15, 0.2) is 0 Å². The molecule has 4 nitrogen and oxygen atoms in total. The molecule has 1 saturated heterocycles. The van der Waals surface area contributed by atoms with Crippen molar-refractivity contribution < 1.29 is 18.3 Å². The molecule has 0 aliphatic carbocycles. The van der Waals surface area contributed by atoms with Crippen molar-refractivity contribution >= 4 is 0 Å². The molecule has 2 aromatic rings. The molecule has 1 aliphatic heterocycles. The summed E-state index contributed by atoms with van der Waals surface area (Å²) in [7, 11) is 0. The molecule has 1 aromatic carbocycles. The van der Waals surface area contributed by atoms with E-state index in [-0.39, 0.29) is 12.5 Å². The lowest BCUT2D eigenvalue weighted by Crippen LogP contribution is -2.36. The molecular weight excluding hydrogens is 331 g/mol. The number of hydrogen-bond donors (Lipinski definition) is 1. The molecule has 0 saturated carbocycles. The Morgan fingerprint density at radius 1 is 1.20 bits per heavy atom. The molecule has 0 radical (unpaired) electrons. The van der Waals surface area contributed by atoms with Crippen LogP contribution in [0, 0.1) is 0 Å². The Hall–Kier alpha value is -1.99. The van der Waals surface area contributed by atoms with Crippen LogP contribution < -0.4 is 0 Å². The molecule has 2 heterocycles. The second kappa shape index (κ2) is 7.49. The van der Waals surface area contributed by atoms with E-state index in [1.165, 1.54) is 12.3 Å². The third-order valence-corrected chi connectivity index (χ3v) is 4.50. The normalized spacial score (nSPS) is 19.1. The zero-order chi connectivity index (χ0) is 17.9. The van der Waals surface area contributed by atoms with E-state index in [0.29, 0.717) is 17.8 Å². The van der Waals surface area contributed by atoms with Gasteiger partial charge in [0.25, 0.3) is 0 Å². The summed E-state index contributed by atoms with van der Waals surface area (Å²) in [6.45, 7) is 2.32. The average Bonchev–Trinajstić information content (AvgIpc) is 2.62. The first kappa shape index (κ1) is 17.8. The number of likely N-dealkylation sites (tertiary alicyclic amines) is 1. The van der Waals surface area contributed by atoms with Crippen LogP contribution in [-0.2, 0) is 6.18 Å². The number of benzene rings is 1. The van der Waals surface area contributed by atoms with E-state index in [9.17, 15) is 13.2 Å². The topological polar surface area (TPSA) is 49.2 Å². The molecule has 3 rings (SSSR count). The Bertz CT molecular complexity index is 719. The predicted octanol–water partition coefficient (Wildman–Crippen LogP) is 3.33. The van der Waals surface area contributed by atoms with Crippen LogP contribution in [0.3, 0.4) is 0 Å². The van der Waals surface area contributed by atoms with Crippen LogP contribution in [-0.4, -0.2) is 46.2 Å². The maximum Gasteiger partial charge on any atom is 0.416 e. The third-order valence-electron chi connectivity index (χ3n) is 4.50. The standard InChI is InChI=1S/C18H20F3N3O/c19-18(20,21)15-5-1-3-13(11-15)16-17(23-7-6-22-16)14-4-2-8-24(12-14)9-10-25/h1,3,5-7,11,14,25H,2,4,8-10,12H2/t14-/m1/s1. The second-order valence-corrected chi connectivity index (χ2v) is 6.23. The number of aromatic nitrogens is 2. The smallest absolute Gasteiger partial charge is 0.395 e. The summed E-state index contributed by atoms with van der Waals surface area (Å²) in [6.07, 6.45) is 0.571. The van der Waals surface area contributed by atoms with Crippen LogP contribution in [0.1, 0.15) is 30.0 Å². The van der Waals surface area contributed by atoms with Crippen LogP contribution in [0.2, 0.25) is 0 Å². The first-order valence-corrected chi connectivity index (χ1v) is 8.31.